The number of carboxylic acid groups (broad SMARTS) is 1. The number of ether oxygens (including phenoxy) is 2. The van der Waals surface area contributed by atoms with Crippen LogP contribution in [0.15, 0.2) is 42.5 Å². The predicted octanol–water partition coefficient (Wildman–Crippen LogP) is 3.51. The van der Waals surface area contributed by atoms with Crippen molar-refractivity contribution in [2.45, 2.75) is 6.42 Å². The molecule has 0 spiro atoms. The van der Waals surface area contributed by atoms with Crippen LogP contribution in [0.2, 0.25) is 0 Å². The SMILES string of the molecule is COCCc1ccc(Oc2ccc(F)cc2C(=O)O)cc1. The van der Waals surface area contributed by atoms with E-state index in [2.05, 4.69) is 0 Å². The van der Waals surface area contributed by atoms with Crippen LogP contribution < -0.4 is 4.74 Å². The average Bonchev–Trinajstić information content (AvgIpc) is 2.48. The summed E-state index contributed by atoms with van der Waals surface area (Å²) in [7, 11) is 1.64. The predicted molar refractivity (Wildman–Crippen MR) is 75.5 cm³/mol. The lowest BCUT2D eigenvalue weighted by Crippen LogP contribution is -2.01. The van der Waals surface area contributed by atoms with Crippen LogP contribution in [0.4, 0.5) is 4.39 Å². The maximum atomic E-state index is 13.1. The molecule has 0 heterocycles. The first-order valence-electron chi connectivity index (χ1n) is 6.38. The molecule has 0 saturated carbocycles. The van der Waals surface area contributed by atoms with Crippen molar-refractivity contribution in [3.8, 4) is 11.5 Å². The van der Waals surface area contributed by atoms with Gasteiger partial charge >= 0.3 is 5.97 Å². The molecule has 0 unspecified atom stereocenters. The molecule has 4 nitrogen and oxygen atoms in total. The third-order valence-corrected chi connectivity index (χ3v) is 2.92. The van der Waals surface area contributed by atoms with Crippen LogP contribution in [-0.4, -0.2) is 24.8 Å². The number of carboxylic acids is 1. The van der Waals surface area contributed by atoms with E-state index in [4.69, 9.17) is 14.6 Å². The molecular formula is C16H15FO4. The maximum absolute atomic E-state index is 13.1. The van der Waals surface area contributed by atoms with Gasteiger partial charge in [-0.05, 0) is 42.3 Å². The van der Waals surface area contributed by atoms with Gasteiger partial charge in [-0.25, -0.2) is 9.18 Å². The first kappa shape index (κ1) is 15.0. The molecule has 0 fully saturated rings. The second kappa shape index (κ2) is 6.85. The van der Waals surface area contributed by atoms with Gasteiger partial charge in [0.25, 0.3) is 0 Å². The van der Waals surface area contributed by atoms with Crippen LogP contribution in [-0.2, 0) is 11.2 Å². The van der Waals surface area contributed by atoms with E-state index in [9.17, 15) is 9.18 Å². The Bertz CT molecular complexity index is 623. The molecule has 2 aromatic carbocycles. The van der Waals surface area contributed by atoms with Gasteiger partial charge in [-0.1, -0.05) is 12.1 Å². The Kier molecular flexibility index (Phi) is 4.90. The zero-order valence-corrected chi connectivity index (χ0v) is 11.5. The fourth-order valence-electron chi connectivity index (χ4n) is 1.83. The third kappa shape index (κ3) is 4.03. The van der Waals surface area contributed by atoms with E-state index in [0.717, 1.165) is 24.1 Å². The molecule has 0 aliphatic carbocycles. The lowest BCUT2D eigenvalue weighted by molar-refractivity contribution is 0.0693. The molecular weight excluding hydrogens is 275 g/mol. The van der Waals surface area contributed by atoms with Crippen molar-refractivity contribution >= 4 is 5.97 Å². The van der Waals surface area contributed by atoms with Crippen LogP contribution in [0.25, 0.3) is 0 Å². The summed E-state index contributed by atoms with van der Waals surface area (Å²) in [6.07, 6.45) is 0.785. The number of aromatic carboxylic acids is 1. The summed E-state index contributed by atoms with van der Waals surface area (Å²) in [5, 5.41) is 9.05. The molecule has 2 rings (SSSR count). The summed E-state index contributed by atoms with van der Waals surface area (Å²) in [5.41, 5.74) is 0.875. The Hall–Kier alpha value is -2.40. The topological polar surface area (TPSA) is 55.8 Å². The molecule has 110 valence electrons. The van der Waals surface area contributed by atoms with Gasteiger partial charge in [0.2, 0.25) is 0 Å². The minimum Gasteiger partial charge on any atom is -0.478 e. The number of rotatable bonds is 6. The second-order valence-electron chi connectivity index (χ2n) is 4.43. The maximum Gasteiger partial charge on any atom is 0.339 e. The number of hydrogen-bond donors (Lipinski definition) is 1. The highest BCUT2D eigenvalue weighted by Gasteiger charge is 2.13. The van der Waals surface area contributed by atoms with Crippen molar-refractivity contribution in [2.24, 2.45) is 0 Å². The van der Waals surface area contributed by atoms with Crippen LogP contribution in [0, 0.1) is 5.82 Å². The van der Waals surface area contributed by atoms with Gasteiger partial charge in [-0.2, -0.15) is 0 Å². The minimum atomic E-state index is -1.23. The molecule has 1 N–H and O–H groups in total. The van der Waals surface area contributed by atoms with E-state index in [-0.39, 0.29) is 11.3 Å². The van der Waals surface area contributed by atoms with Gasteiger partial charge in [0.1, 0.15) is 22.9 Å². The largest absolute Gasteiger partial charge is 0.478 e. The Balaban J connectivity index is 2.16. The van der Waals surface area contributed by atoms with Crippen molar-refractivity contribution in [1.82, 2.24) is 0 Å². The summed E-state index contributed by atoms with van der Waals surface area (Å²) < 4.78 is 23.6. The van der Waals surface area contributed by atoms with Crippen molar-refractivity contribution in [1.29, 1.82) is 0 Å². The molecule has 0 aliphatic heterocycles. The van der Waals surface area contributed by atoms with E-state index < -0.39 is 11.8 Å². The average molecular weight is 290 g/mol. The Morgan fingerprint density at radius 2 is 1.90 bits per heavy atom. The number of hydrogen-bond acceptors (Lipinski definition) is 3. The summed E-state index contributed by atoms with van der Waals surface area (Å²) in [4.78, 5) is 11.1. The zero-order valence-electron chi connectivity index (χ0n) is 11.5. The summed E-state index contributed by atoms with van der Waals surface area (Å²) in [5.74, 6) is -1.25. The van der Waals surface area contributed by atoms with E-state index in [1.807, 2.05) is 12.1 Å². The standard InChI is InChI=1S/C16H15FO4/c1-20-9-8-11-2-5-13(6-3-11)21-15-7-4-12(17)10-14(15)16(18)19/h2-7,10H,8-9H2,1H3,(H,18,19). The molecule has 21 heavy (non-hydrogen) atoms. The van der Waals surface area contributed by atoms with E-state index >= 15 is 0 Å². The zero-order chi connectivity index (χ0) is 15.2. The summed E-state index contributed by atoms with van der Waals surface area (Å²) in [6, 6.07) is 10.6. The first-order valence-corrected chi connectivity index (χ1v) is 6.38. The molecule has 0 aliphatic rings. The summed E-state index contributed by atoms with van der Waals surface area (Å²) >= 11 is 0. The van der Waals surface area contributed by atoms with Crippen LogP contribution in [0.1, 0.15) is 15.9 Å². The minimum absolute atomic E-state index is 0.105. The Morgan fingerprint density at radius 3 is 2.52 bits per heavy atom. The second-order valence-corrected chi connectivity index (χ2v) is 4.43. The van der Waals surface area contributed by atoms with Crippen molar-refractivity contribution in [2.75, 3.05) is 13.7 Å². The Morgan fingerprint density at radius 1 is 1.19 bits per heavy atom. The lowest BCUT2D eigenvalue weighted by atomic mass is 10.1. The fraction of sp³-hybridized carbons (Fsp3) is 0.188. The molecule has 0 atom stereocenters. The van der Waals surface area contributed by atoms with Crippen molar-refractivity contribution < 1.29 is 23.8 Å². The van der Waals surface area contributed by atoms with Crippen LogP contribution in [0.3, 0.4) is 0 Å². The van der Waals surface area contributed by atoms with E-state index in [1.165, 1.54) is 6.07 Å². The highest BCUT2D eigenvalue weighted by Crippen LogP contribution is 2.26. The number of halogens is 1. The quantitative estimate of drug-likeness (QED) is 0.884. The van der Waals surface area contributed by atoms with Gasteiger partial charge < -0.3 is 14.6 Å². The fourth-order valence-corrected chi connectivity index (χ4v) is 1.83. The van der Waals surface area contributed by atoms with Gasteiger partial charge in [-0.15, -0.1) is 0 Å². The van der Waals surface area contributed by atoms with Gasteiger partial charge in [-0.3, -0.25) is 0 Å². The number of methoxy groups -OCH3 is 1. The number of benzene rings is 2. The lowest BCUT2D eigenvalue weighted by Gasteiger charge is -2.09. The van der Waals surface area contributed by atoms with E-state index in [0.29, 0.717) is 12.4 Å². The molecule has 0 radical (unpaired) electrons. The molecule has 5 heteroatoms. The molecule has 2 aromatic rings. The van der Waals surface area contributed by atoms with Gasteiger partial charge in [0, 0.05) is 7.11 Å². The summed E-state index contributed by atoms with van der Waals surface area (Å²) in [6.45, 7) is 0.626. The highest BCUT2D eigenvalue weighted by atomic mass is 19.1. The van der Waals surface area contributed by atoms with Crippen molar-refractivity contribution in [3.05, 3.63) is 59.4 Å². The molecule has 0 amide bonds. The molecule has 0 saturated heterocycles. The highest BCUT2D eigenvalue weighted by molar-refractivity contribution is 5.91. The van der Waals surface area contributed by atoms with Crippen LogP contribution >= 0.6 is 0 Å². The van der Waals surface area contributed by atoms with Crippen molar-refractivity contribution in [3.63, 3.8) is 0 Å². The smallest absolute Gasteiger partial charge is 0.339 e. The third-order valence-electron chi connectivity index (χ3n) is 2.92. The molecule has 0 bridgehead atoms. The van der Waals surface area contributed by atoms with E-state index in [1.54, 1.807) is 19.2 Å². The first-order chi connectivity index (χ1) is 10.1. The number of carbonyl (C=O) groups is 1. The van der Waals surface area contributed by atoms with Crippen LogP contribution in [0.5, 0.6) is 11.5 Å². The Labute approximate surface area is 121 Å². The van der Waals surface area contributed by atoms with Gasteiger partial charge in [0.05, 0.1) is 6.61 Å². The monoisotopic (exact) mass is 290 g/mol. The normalized spacial score (nSPS) is 10.4. The molecule has 0 aromatic heterocycles. The van der Waals surface area contributed by atoms with Gasteiger partial charge in [0.15, 0.2) is 0 Å².